The molecule has 0 spiro atoms. The summed E-state index contributed by atoms with van der Waals surface area (Å²) in [6.45, 7) is 0.336. The van der Waals surface area contributed by atoms with Gasteiger partial charge in [-0.05, 0) is 53.6 Å². The largest absolute Gasteiger partial charge is 0.489 e. The third kappa shape index (κ3) is 5.21. The van der Waals surface area contributed by atoms with Gasteiger partial charge in [-0.15, -0.1) is 0 Å². The van der Waals surface area contributed by atoms with Gasteiger partial charge < -0.3 is 14.6 Å². The second kappa shape index (κ2) is 8.56. The second-order valence-corrected chi connectivity index (χ2v) is 6.23. The predicted octanol–water partition coefficient (Wildman–Crippen LogP) is 5.34. The van der Waals surface area contributed by atoms with Crippen molar-refractivity contribution < 1.29 is 23.8 Å². The molecule has 0 aliphatic rings. The molecule has 0 heterocycles. The van der Waals surface area contributed by atoms with Crippen molar-refractivity contribution in [2.24, 2.45) is 0 Å². The van der Waals surface area contributed by atoms with Gasteiger partial charge in [0, 0.05) is 5.02 Å². The monoisotopic (exact) mass is 386 g/mol. The lowest BCUT2D eigenvalue weighted by Gasteiger charge is -2.12. The molecule has 0 fully saturated rings. The van der Waals surface area contributed by atoms with Crippen molar-refractivity contribution in [3.05, 3.63) is 94.3 Å². The molecule has 4 nitrogen and oxygen atoms in total. The number of hydrogen-bond donors (Lipinski definition) is 1. The van der Waals surface area contributed by atoms with Crippen molar-refractivity contribution in [3.63, 3.8) is 0 Å². The van der Waals surface area contributed by atoms with Crippen molar-refractivity contribution in [1.82, 2.24) is 0 Å². The normalized spacial score (nSPS) is 10.4. The van der Waals surface area contributed by atoms with E-state index in [4.69, 9.17) is 21.1 Å². The number of carboxylic acids is 1. The number of halogens is 2. The summed E-state index contributed by atoms with van der Waals surface area (Å²) in [6.07, 6.45) is 0. The number of hydrogen-bond acceptors (Lipinski definition) is 3. The van der Waals surface area contributed by atoms with Crippen LogP contribution < -0.4 is 9.47 Å². The van der Waals surface area contributed by atoms with Crippen LogP contribution in [0.3, 0.4) is 0 Å². The van der Waals surface area contributed by atoms with Gasteiger partial charge in [-0.1, -0.05) is 35.9 Å². The summed E-state index contributed by atoms with van der Waals surface area (Å²) in [7, 11) is 0. The van der Waals surface area contributed by atoms with Crippen LogP contribution in [0, 0.1) is 5.82 Å². The molecule has 0 radical (unpaired) electrons. The van der Waals surface area contributed by atoms with Crippen LogP contribution >= 0.6 is 11.6 Å². The zero-order chi connectivity index (χ0) is 19.2. The van der Waals surface area contributed by atoms with Crippen molar-refractivity contribution in [2.45, 2.75) is 13.2 Å². The van der Waals surface area contributed by atoms with E-state index in [-0.39, 0.29) is 30.3 Å². The summed E-state index contributed by atoms with van der Waals surface area (Å²) in [5, 5.41) is 10.1. The molecule has 3 aromatic rings. The topological polar surface area (TPSA) is 55.8 Å². The Hall–Kier alpha value is -3.05. The van der Waals surface area contributed by atoms with Crippen molar-refractivity contribution in [3.8, 4) is 11.5 Å². The summed E-state index contributed by atoms with van der Waals surface area (Å²) < 4.78 is 24.4. The zero-order valence-electron chi connectivity index (χ0n) is 14.2. The van der Waals surface area contributed by atoms with E-state index in [1.807, 2.05) is 0 Å². The maximum Gasteiger partial charge on any atom is 0.339 e. The average Bonchev–Trinajstić information content (AvgIpc) is 2.66. The number of carboxylic acid groups (broad SMARTS) is 1. The number of aromatic carboxylic acids is 1. The highest BCUT2D eigenvalue weighted by molar-refractivity contribution is 6.30. The predicted molar refractivity (Wildman–Crippen MR) is 99.9 cm³/mol. The first kappa shape index (κ1) is 18.7. The summed E-state index contributed by atoms with van der Waals surface area (Å²) in [4.78, 5) is 11.5. The minimum Gasteiger partial charge on any atom is -0.489 e. The Morgan fingerprint density at radius 2 is 1.67 bits per heavy atom. The van der Waals surface area contributed by atoms with Gasteiger partial charge in [0.15, 0.2) is 0 Å². The first-order valence-electron chi connectivity index (χ1n) is 8.13. The van der Waals surface area contributed by atoms with Crippen LogP contribution in [0.15, 0.2) is 66.7 Å². The van der Waals surface area contributed by atoms with Crippen LogP contribution in [-0.4, -0.2) is 11.1 Å². The number of carbonyl (C=O) groups is 1. The molecule has 138 valence electrons. The van der Waals surface area contributed by atoms with Crippen LogP contribution in [0.5, 0.6) is 11.5 Å². The van der Waals surface area contributed by atoms with Gasteiger partial charge in [0.2, 0.25) is 0 Å². The summed E-state index contributed by atoms with van der Waals surface area (Å²) in [5.74, 6) is -0.892. The van der Waals surface area contributed by atoms with Gasteiger partial charge in [0.25, 0.3) is 0 Å². The smallest absolute Gasteiger partial charge is 0.339 e. The molecule has 0 bridgehead atoms. The molecule has 1 N–H and O–H groups in total. The molecule has 6 heteroatoms. The van der Waals surface area contributed by atoms with E-state index in [2.05, 4.69) is 0 Å². The Balaban J connectivity index is 1.70. The lowest BCUT2D eigenvalue weighted by Crippen LogP contribution is -2.04. The first-order valence-corrected chi connectivity index (χ1v) is 8.51. The van der Waals surface area contributed by atoms with Crippen LogP contribution in [0.2, 0.25) is 5.02 Å². The van der Waals surface area contributed by atoms with Gasteiger partial charge >= 0.3 is 5.97 Å². The minimum atomic E-state index is -1.13. The van der Waals surface area contributed by atoms with E-state index < -0.39 is 5.97 Å². The summed E-state index contributed by atoms with van der Waals surface area (Å²) in [6, 6.07) is 17.7. The Morgan fingerprint density at radius 1 is 0.926 bits per heavy atom. The molecule has 0 amide bonds. The second-order valence-electron chi connectivity index (χ2n) is 5.80. The quantitative estimate of drug-likeness (QED) is 0.595. The van der Waals surface area contributed by atoms with Gasteiger partial charge in [0.1, 0.15) is 36.1 Å². The average molecular weight is 387 g/mol. The maximum absolute atomic E-state index is 13.2. The first-order chi connectivity index (χ1) is 13.0. The highest BCUT2D eigenvalue weighted by Crippen LogP contribution is 2.26. The van der Waals surface area contributed by atoms with E-state index in [1.165, 1.54) is 18.2 Å². The molecule has 0 aliphatic heterocycles. The Labute approximate surface area is 160 Å². The molecule has 0 aromatic heterocycles. The van der Waals surface area contributed by atoms with Gasteiger partial charge in [-0.3, -0.25) is 0 Å². The summed E-state index contributed by atoms with van der Waals surface area (Å²) in [5.41, 5.74) is 1.50. The Kier molecular flexibility index (Phi) is 5.94. The van der Waals surface area contributed by atoms with Crippen molar-refractivity contribution in [2.75, 3.05) is 0 Å². The molecular formula is C21H16ClFO4. The van der Waals surface area contributed by atoms with Crippen LogP contribution in [0.1, 0.15) is 21.5 Å². The van der Waals surface area contributed by atoms with E-state index >= 15 is 0 Å². The van der Waals surface area contributed by atoms with E-state index in [0.29, 0.717) is 16.3 Å². The molecule has 3 aromatic carbocycles. The van der Waals surface area contributed by atoms with Crippen molar-refractivity contribution in [1.29, 1.82) is 0 Å². The molecular weight excluding hydrogens is 371 g/mol. The number of benzene rings is 3. The van der Waals surface area contributed by atoms with E-state index in [0.717, 1.165) is 5.56 Å². The lowest BCUT2D eigenvalue weighted by molar-refractivity contribution is 0.0691. The van der Waals surface area contributed by atoms with Gasteiger partial charge in [0.05, 0.1) is 0 Å². The Bertz CT molecular complexity index is 941. The van der Waals surface area contributed by atoms with Gasteiger partial charge in [-0.25, -0.2) is 9.18 Å². The Morgan fingerprint density at radius 3 is 2.37 bits per heavy atom. The van der Waals surface area contributed by atoms with E-state index in [9.17, 15) is 14.3 Å². The number of ether oxygens (including phenoxy) is 2. The van der Waals surface area contributed by atoms with Crippen molar-refractivity contribution >= 4 is 17.6 Å². The molecule has 0 saturated heterocycles. The van der Waals surface area contributed by atoms with E-state index in [1.54, 1.807) is 48.5 Å². The van der Waals surface area contributed by atoms with Crippen LogP contribution in [0.25, 0.3) is 0 Å². The highest BCUT2D eigenvalue weighted by Gasteiger charge is 2.13. The molecule has 3 rings (SSSR count). The van der Waals surface area contributed by atoms with Crippen LogP contribution in [0.4, 0.5) is 4.39 Å². The van der Waals surface area contributed by atoms with Gasteiger partial charge in [-0.2, -0.15) is 0 Å². The fourth-order valence-corrected chi connectivity index (χ4v) is 2.55. The SMILES string of the molecule is O=C(O)c1cc(OCc2cccc(F)c2)ccc1OCc1ccc(Cl)cc1. The standard InChI is InChI=1S/C21H16ClFO4/c22-16-6-4-14(5-7-16)12-27-20-9-8-18(11-19(20)21(24)25)26-13-15-2-1-3-17(23)10-15/h1-11H,12-13H2,(H,24,25). The zero-order valence-corrected chi connectivity index (χ0v) is 14.9. The summed E-state index contributed by atoms with van der Waals surface area (Å²) >= 11 is 5.84. The fraction of sp³-hybridized carbons (Fsp3) is 0.0952. The van der Waals surface area contributed by atoms with Crippen LogP contribution in [-0.2, 0) is 13.2 Å². The molecule has 0 aliphatic carbocycles. The lowest BCUT2D eigenvalue weighted by atomic mass is 10.2. The molecule has 0 unspecified atom stereocenters. The molecule has 0 saturated carbocycles. The minimum absolute atomic E-state index is 0.0132. The maximum atomic E-state index is 13.2. The third-order valence-electron chi connectivity index (χ3n) is 3.78. The molecule has 27 heavy (non-hydrogen) atoms. The third-order valence-corrected chi connectivity index (χ3v) is 4.04. The molecule has 0 atom stereocenters. The number of rotatable bonds is 7. The fourth-order valence-electron chi connectivity index (χ4n) is 2.43. The highest BCUT2D eigenvalue weighted by atomic mass is 35.5.